The summed E-state index contributed by atoms with van der Waals surface area (Å²) in [5.74, 6) is 0.290. The van der Waals surface area contributed by atoms with Crippen molar-refractivity contribution in [2.75, 3.05) is 6.67 Å². The van der Waals surface area contributed by atoms with Crippen LogP contribution in [0.15, 0.2) is 30.3 Å². The summed E-state index contributed by atoms with van der Waals surface area (Å²) in [7, 11) is 0. The number of hydrogen-bond acceptors (Lipinski definition) is 2. The molecule has 1 aliphatic carbocycles. The lowest BCUT2D eigenvalue weighted by atomic mass is 9.91. The van der Waals surface area contributed by atoms with Gasteiger partial charge in [-0.1, -0.05) is 30.3 Å². The minimum Gasteiger partial charge on any atom is -0.326 e. The molecule has 1 heterocycles. The van der Waals surface area contributed by atoms with Gasteiger partial charge in [0.1, 0.15) is 0 Å². The first-order valence-corrected chi connectivity index (χ1v) is 6.42. The summed E-state index contributed by atoms with van der Waals surface area (Å²) in [6, 6.07) is 10.7. The molecular weight excluding hydrogens is 212 g/mol. The molecule has 2 aliphatic rings. The Morgan fingerprint density at radius 3 is 2.65 bits per heavy atom. The van der Waals surface area contributed by atoms with Crippen LogP contribution in [0.25, 0.3) is 0 Å². The number of carbonyl (C=O) groups excluding carboxylic acids is 1. The number of hydrogen-bond donors (Lipinski definition) is 1. The maximum atomic E-state index is 12.2. The van der Waals surface area contributed by atoms with Gasteiger partial charge in [-0.3, -0.25) is 10.1 Å². The van der Waals surface area contributed by atoms with Crippen molar-refractivity contribution in [2.45, 2.75) is 37.8 Å². The van der Waals surface area contributed by atoms with Gasteiger partial charge in [-0.15, -0.1) is 0 Å². The zero-order chi connectivity index (χ0) is 11.7. The van der Waals surface area contributed by atoms with Crippen LogP contribution in [0.1, 0.15) is 24.8 Å². The minimum atomic E-state index is -0.0157. The Morgan fingerprint density at radius 1 is 1.24 bits per heavy atom. The Labute approximate surface area is 102 Å². The molecule has 0 aromatic heterocycles. The third kappa shape index (κ3) is 2.07. The molecular formula is C14H18N2O. The van der Waals surface area contributed by atoms with E-state index in [1.165, 1.54) is 24.8 Å². The molecule has 0 radical (unpaired) electrons. The van der Waals surface area contributed by atoms with Crippen LogP contribution in [0.4, 0.5) is 0 Å². The van der Waals surface area contributed by atoms with E-state index >= 15 is 0 Å². The second-order valence-corrected chi connectivity index (χ2v) is 5.00. The Hall–Kier alpha value is -1.35. The zero-order valence-corrected chi connectivity index (χ0v) is 9.93. The molecule has 3 heteroatoms. The predicted octanol–water partition coefficient (Wildman–Crippen LogP) is 1.54. The standard InChI is InChI=1S/C14H18N2O/c17-14-13(9-11-5-2-1-3-6-11)15-10-16(14)12-7-4-8-12/h1-3,5-6,12-13,15H,4,7-10H2. The maximum absolute atomic E-state index is 12.2. The van der Waals surface area contributed by atoms with Crippen LogP contribution in [0.3, 0.4) is 0 Å². The van der Waals surface area contributed by atoms with Gasteiger partial charge in [-0.2, -0.15) is 0 Å². The lowest BCUT2D eigenvalue weighted by molar-refractivity contribution is -0.132. The van der Waals surface area contributed by atoms with Crippen LogP contribution >= 0.6 is 0 Å². The van der Waals surface area contributed by atoms with E-state index in [1.54, 1.807) is 0 Å². The smallest absolute Gasteiger partial charge is 0.241 e. The summed E-state index contributed by atoms with van der Waals surface area (Å²) < 4.78 is 0. The van der Waals surface area contributed by atoms with Crippen LogP contribution in [-0.4, -0.2) is 29.6 Å². The number of carbonyl (C=O) groups is 1. The number of nitrogens with one attached hydrogen (secondary N) is 1. The van der Waals surface area contributed by atoms with Crippen molar-refractivity contribution in [2.24, 2.45) is 0 Å². The van der Waals surface area contributed by atoms with Crippen molar-refractivity contribution < 1.29 is 4.79 Å². The van der Waals surface area contributed by atoms with Gasteiger partial charge in [0.2, 0.25) is 5.91 Å². The number of nitrogens with zero attached hydrogens (tertiary/aromatic N) is 1. The minimum absolute atomic E-state index is 0.0157. The molecule has 3 rings (SSSR count). The van der Waals surface area contributed by atoms with Crippen molar-refractivity contribution in [3.63, 3.8) is 0 Å². The summed E-state index contributed by atoms with van der Waals surface area (Å²) in [4.78, 5) is 14.2. The van der Waals surface area contributed by atoms with Crippen LogP contribution in [-0.2, 0) is 11.2 Å². The van der Waals surface area contributed by atoms with Crippen molar-refractivity contribution in [3.05, 3.63) is 35.9 Å². The second-order valence-electron chi connectivity index (χ2n) is 5.00. The Bertz CT molecular complexity index is 400. The highest BCUT2D eigenvalue weighted by atomic mass is 16.2. The molecule has 0 spiro atoms. The fourth-order valence-electron chi connectivity index (χ4n) is 2.59. The molecule has 1 saturated carbocycles. The van der Waals surface area contributed by atoms with E-state index < -0.39 is 0 Å². The molecule has 1 aromatic rings. The topological polar surface area (TPSA) is 32.3 Å². The highest BCUT2D eigenvalue weighted by Crippen LogP contribution is 2.27. The van der Waals surface area contributed by atoms with Gasteiger partial charge in [0.15, 0.2) is 0 Å². The van der Waals surface area contributed by atoms with Crippen molar-refractivity contribution in [1.29, 1.82) is 0 Å². The second kappa shape index (κ2) is 4.49. The molecule has 0 bridgehead atoms. The molecule has 17 heavy (non-hydrogen) atoms. The van der Waals surface area contributed by atoms with Gasteiger partial charge in [-0.25, -0.2) is 0 Å². The number of benzene rings is 1. The third-order valence-corrected chi connectivity index (χ3v) is 3.89. The van der Waals surface area contributed by atoms with Crippen LogP contribution in [0.2, 0.25) is 0 Å². The lowest BCUT2D eigenvalue weighted by Gasteiger charge is -2.34. The van der Waals surface area contributed by atoms with Gasteiger partial charge in [0.25, 0.3) is 0 Å². The summed E-state index contributed by atoms with van der Waals surface area (Å²) >= 11 is 0. The highest BCUT2D eigenvalue weighted by molar-refractivity contribution is 5.84. The molecule has 2 fully saturated rings. The van der Waals surface area contributed by atoms with Crippen LogP contribution < -0.4 is 5.32 Å². The van der Waals surface area contributed by atoms with E-state index in [-0.39, 0.29) is 6.04 Å². The monoisotopic (exact) mass is 230 g/mol. The SMILES string of the molecule is O=C1C(Cc2ccccc2)NCN1C1CCC1. The van der Waals surface area contributed by atoms with Gasteiger partial charge >= 0.3 is 0 Å². The first-order chi connectivity index (χ1) is 8.34. The Balaban J connectivity index is 1.64. The predicted molar refractivity (Wildman–Crippen MR) is 66.4 cm³/mol. The molecule has 90 valence electrons. The lowest BCUT2D eigenvalue weighted by Crippen LogP contribution is -2.42. The summed E-state index contributed by atoms with van der Waals surface area (Å²) in [5.41, 5.74) is 1.23. The average Bonchev–Trinajstić information content (AvgIpc) is 2.61. The number of amides is 1. The summed E-state index contributed by atoms with van der Waals surface area (Å²) in [6.07, 6.45) is 4.46. The highest BCUT2D eigenvalue weighted by Gasteiger charge is 2.37. The fraction of sp³-hybridized carbons (Fsp3) is 0.500. The Kier molecular flexibility index (Phi) is 2.85. The van der Waals surface area contributed by atoms with E-state index in [4.69, 9.17) is 0 Å². The summed E-state index contributed by atoms with van der Waals surface area (Å²) in [6.45, 7) is 0.737. The van der Waals surface area contributed by atoms with E-state index in [2.05, 4.69) is 17.4 Å². The van der Waals surface area contributed by atoms with Gasteiger partial charge < -0.3 is 4.90 Å². The quantitative estimate of drug-likeness (QED) is 0.854. The van der Waals surface area contributed by atoms with Crippen LogP contribution in [0, 0.1) is 0 Å². The maximum Gasteiger partial charge on any atom is 0.241 e. The molecule has 1 aromatic carbocycles. The summed E-state index contributed by atoms with van der Waals surface area (Å²) in [5, 5.41) is 3.33. The number of rotatable bonds is 3. The van der Waals surface area contributed by atoms with Crippen molar-refractivity contribution in [3.8, 4) is 0 Å². The van der Waals surface area contributed by atoms with E-state index in [0.717, 1.165) is 13.1 Å². The normalized spacial score (nSPS) is 25.1. The average molecular weight is 230 g/mol. The molecule has 1 amide bonds. The zero-order valence-electron chi connectivity index (χ0n) is 9.93. The third-order valence-electron chi connectivity index (χ3n) is 3.89. The van der Waals surface area contributed by atoms with Gasteiger partial charge in [-0.05, 0) is 31.2 Å². The van der Waals surface area contributed by atoms with Crippen molar-refractivity contribution in [1.82, 2.24) is 10.2 Å². The van der Waals surface area contributed by atoms with Gasteiger partial charge in [0.05, 0.1) is 12.7 Å². The molecule has 1 atom stereocenters. The van der Waals surface area contributed by atoms with E-state index in [1.807, 2.05) is 23.1 Å². The molecule has 3 nitrogen and oxygen atoms in total. The first kappa shape index (κ1) is 10.8. The Morgan fingerprint density at radius 2 is 2.00 bits per heavy atom. The fourth-order valence-corrected chi connectivity index (χ4v) is 2.59. The molecule has 1 N–H and O–H groups in total. The van der Waals surface area contributed by atoms with Gasteiger partial charge in [0, 0.05) is 6.04 Å². The molecule has 1 aliphatic heterocycles. The van der Waals surface area contributed by atoms with Crippen LogP contribution in [0.5, 0.6) is 0 Å². The largest absolute Gasteiger partial charge is 0.326 e. The van der Waals surface area contributed by atoms with E-state index in [9.17, 15) is 4.79 Å². The molecule has 1 saturated heterocycles. The first-order valence-electron chi connectivity index (χ1n) is 6.42. The van der Waals surface area contributed by atoms with E-state index in [0.29, 0.717) is 11.9 Å². The van der Waals surface area contributed by atoms with Crippen molar-refractivity contribution >= 4 is 5.91 Å². The molecule has 1 unspecified atom stereocenters.